The largest absolute Gasteiger partial charge is 0.338 e. The number of aryl methyl sites for hydroxylation is 2. The second kappa shape index (κ2) is 6.12. The van der Waals surface area contributed by atoms with Crippen LogP contribution in [0.5, 0.6) is 0 Å². The Bertz CT molecular complexity index is 829. The predicted octanol–water partition coefficient (Wildman–Crippen LogP) is 2.36. The second-order valence-corrected chi connectivity index (χ2v) is 5.42. The van der Waals surface area contributed by atoms with Gasteiger partial charge in [-0.1, -0.05) is 12.1 Å². The molecule has 0 radical (unpaired) electrons. The zero-order valence-corrected chi connectivity index (χ0v) is 13.2. The zero-order chi connectivity index (χ0) is 16.4. The van der Waals surface area contributed by atoms with E-state index in [2.05, 4.69) is 20.3 Å². The highest BCUT2D eigenvalue weighted by Crippen LogP contribution is 2.19. The maximum Gasteiger partial charge on any atom is 0.245 e. The van der Waals surface area contributed by atoms with E-state index < -0.39 is 0 Å². The second-order valence-electron chi connectivity index (χ2n) is 5.42. The van der Waals surface area contributed by atoms with E-state index in [0.717, 1.165) is 11.3 Å². The van der Waals surface area contributed by atoms with Crippen LogP contribution in [0.15, 0.2) is 36.7 Å². The van der Waals surface area contributed by atoms with Crippen LogP contribution in [0, 0.1) is 12.7 Å². The van der Waals surface area contributed by atoms with E-state index in [1.807, 2.05) is 32.1 Å². The molecule has 2 heterocycles. The van der Waals surface area contributed by atoms with Crippen LogP contribution < -0.4 is 4.90 Å². The summed E-state index contributed by atoms with van der Waals surface area (Å²) in [5.41, 5.74) is 3.32. The molecule has 0 fully saturated rings. The summed E-state index contributed by atoms with van der Waals surface area (Å²) in [5, 5.41) is 12.4. The molecule has 0 N–H and O–H groups in total. The summed E-state index contributed by atoms with van der Waals surface area (Å²) < 4.78 is 15.1. The van der Waals surface area contributed by atoms with Crippen LogP contribution in [0.2, 0.25) is 0 Å². The number of hydrogen-bond acceptors (Lipinski definition) is 5. The molecule has 23 heavy (non-hydrogen) atoms. The molecular weight excluding hydrogens is 295 g/mol. The quantitative estimate of drug-likeness (QED) is 0.740. The third-order valence-electron chi connectivity index (χ3n) is 3.53. The molecule has 0 amide bonds. The van der Waals surface area contributed by atoms with Crippen molar-refractivity contribution < 1.29 is 4.39 Å². The third-order valence-corrected chi connectivity index (χ3v) is 3.53. The first-order valence-electron chi connectivity index (χ1n) is 7.19. The Kier molecular flexibility index (Phi) is 4.01. The van der Waals surface area contributed by atoms with Crippen molar-refractivity contribution in [3.8, 4) is 11.3 Å². The zero-order valence-electron chi connectivity index (χ0n) is 13.2. The number of halogens is 1. The van der Waals surface area contributed by atoms with Gasteiger partial charge in [-0.2, -0.15) is 10.2 Å². The number of hydrogen-bond donors (Lipinski definition) is 0. The Morgan fingerprint density at radius 2 is 2.13 bits per heavy atom. The number of anilines is 1. The third kappa shape index (κ3) is 3.33. The standard InChI is InChI=1S/C16H17FN6/c1-11-13(10-23(3)21-11)9-22(2)16-19-15(8-18-20-16)12-5-4-6-14(17)7-12/h4-8,10H,9H2,1-3H3. The van der Waals surface area contributed by atoms with Crippen molar-refractivity contribution in [2.24, 2.45) is 7.05 Å². The predicted molar refractivity (Wildman–Crippen MR) is 85.3 cm³/mol. The van der Waals surface area contributed by atoms with Gasteiger partial charge >= 0.3 is 0 Å². The van der Waals surface area contributed by atoms with Gasteiger partial charge in [-0.3, -0.25) is 4.68 Å². The van der Waals surface area contributed by atoms with Gasteiger partial charge in [0.05, 0.1) is 17.6 Å². The SMILES string of the molecule is Cc1nn(C)cc1CN(C)c1nncc(-c2cccc(F)c2)n1. The molecule has 0 atom stereocenters. The van der Waals surface area contributed by atoms with Crippen molar-refractivity contribution in [2.75, 3.05) is 11.9 Å². The minimum atomic E-state index is -0.304. The molecule has 7 heteroatoms. The van der Waals surface area contributed by atoms with E-state index in [1.54, 1.807) is 16.8 Å². The van der Waals surface area contributed by atoms with Gasteiger partial charge in [0.1, 0.15) is 5.82 Å². The lowest BCUT2D eigenvalue weighted by atomic mass is 10.1. The van der Waals surface area contributed by atoms with Crippen LogP contribution in [-0.4, -0.2) is 32.0 Å². The highest BCUT2D eigenvalue weighted by atomic mass is 19.1. The molecule has 3 aromatic rings. The molecule has 1 aromatic carbocycles. The van der Waals surface area contributed by atoms with Crippen molar-refractivity contribution in [3.63, 3.8) is 0 Å². The maximum atomic E-state index is 13.4. The molecule has 0 spiro atoms. The van der Waals surface area contributed by atoms with Gasteiger partial charge in [0.15, 0.2) is 0 Å². The van der Waals surface area contributed by atoms with Crippen LogP contribution in [0.1, 0.15) is 11.3 Å². The Morgan fingerprint density at radius 1 is 1.30 bits per heavy atom. The highest BCUT2D eigenvalue weighted by Gasteiger charge is 2.11. The Labute approximate surface area is 133 Å². The van der Waals surface area contributed by atoms with Crippen LogP contribution in [-0.2, 0) is 13.6 Å². The van der Waals surface area contributed by atoms with Crippen molar-refractivity contribution >= 4 is 5.95 Å². The van der Waals surface area contributed by atoms with E-state index in [4.69, 9.17) is 0 Å². The smallest absolute Gasteiger partial charge is 0.245 e. The molecule has 0 aliphatic heterocycles. The van der Waals surface area contributed by atoms with Crippen LogP contribution in [0.3, 0.4) is 0 Å². The maximum absolute atomic E-state index is 13.4. The van der Waals surface area contributed by atoms with Gasteiger partial charge < -0.3 is 4.90 Å². The molecular formula is C16H17FN6. The Morgan fingerprint density at radius 3 is 2.83 bits per heavy atom. The number of benzene rings is 1. The molecule has 3 rings (SSSR count). The summed E-state index contributed by atoms with van der Waals surface area (Å²) in [7, 11) is 3.78. The molecule has 0 saturated carbocycles. The lowest BCUT2D eigenvalue weighted by Crippen LogP contribution is -2.20. The monoisotopic (exact) mass is 312 g/mol. The molecule has 118 valence electrons. The van der Waals surface area contributed by atoms with Gasteiger partial charge in [-0.05, 0) is 19.1 Å². The summed E-state index contributed by atoms with van der Waals surface area (Å²) in [4.78, 5) is 6.36. The summed E-state index contributed by atoms with van der Waals surface area (Å²) in [5.74, 6) is 0.178. The molecule has 0 aliphatic rings. The summed E-state index contributed by atoms with van der Waals surface area (Å²) >= 11 is 0. The summed E-state index contributed by atoms with van der Waals surface area (Å²) in [6.45, 7) is 2.58. The first kappa shape index (κ1) is 15.1. The molecule has 6 nitrogen and oxygen atoms in total. The van der Waals surface area contributed by atoms with Crippen LogP contribution >= 0.6 is 0 Å². The summed E-state index contributed by atoms with van der Waals surface area (Å²) in [6.07, 6.45) is 3.50. The highest BCUT2D eigenvalue weighted by molar-refractivity contribution is 5.59. The Hall–Kier alpha value is -2.83. The van der Waals surface area contributed by atoms with Gasteiger partial charge in [-0.15, -0.1) is 5.10 Å². The average Bonchev–Trinajstić information content (AvgIpc) is 2.85. The average molecular weight is 312 g/mol. The van der Waals surface area contributed by atoms with E-state index >= 15 is 0 Å². The summed E-state index contributed by atoms with van der Waals surface area (Å²) in [6, 6.07) is 6.27. The Balaban J connectivity index is 1.85. The lowest BCUT2D eigenvalue weighted by Gasteiger charge is -2.16. The minimum Gasteiger partial charge on any atom is -0.338 e. The van der Waals surface area contributed by atoms with Crippen molar-refractivity contribution in [1.29, 1.82) is 0 Å². The van der Waals surface area contributed by atoms with Gasteiger partial charge in [0.2, 0.25) is 5.95 Å². The molecule has 2 aromatic heterocycles. The number of nitrogens with zero attached hydrogens (tertiary/aromatic N) is 6. The fourth-order valence-electron chi connectivity index (χ4n) is 2.37. The number of rotatable bonds is 4. The van der Waals surface area contributed by atoms with E-state index in [1.165, 1.54) is 18.3 Å². The number of aromatic nitrogens is 5. The molecule has 0 aliphatic carbocycles. The topological polar surface area (TPSA) is 59.7 Å². The lowest BCUT2D eigenvalue weighted by molar-refractivity contribution is 0.628. The minimum absolute atomic E-state index is 0.304. The van der Waals surface area contributed by atoms with E-state index in [9.17, 15) is 4.39 Å². The first-order valence-corrected chi connectivity index (χ1v) is 7.19. The van der Waals surface area contributed by atoms with Crippen LogP contribution in [0.4, 0.5) is 10.3 Å². The molecule has 0 bridgehead atoms. The van der Waals surface area contributed by atoms with Gasteiger partial charge in [0, 0.05) is 38.0 Å². The molecule has 0 saturated heterocycles. The van der Waals surface area contributed by atoms with E-state index in [-0.39, 0.29) is 5.82 Å². The van der Waals surface area contributed by atoms with Crippen molar-refractivity contribution in [2.45, 2.75) is 13.5 Å². The van der Waals surface area contributed by atoms with Crippen molar-refractivity contribution in [1.82, 2.24) is 25.0 Å². The van der Waals surface area contributed by atoms with Crippen LogP contribution in [0.25, 0.3) is 11.3 Å². The van der Waals surface area contributed by atoms with Gasteiger partial charge in [0.25, 0.3) is 0 Å². The van der Waals surface area contributed by atoms with Crippen molar-refractivity contribution in [3.05, 3.63) is 53.7 Å². The fraction of sp³-hybridized carbons (Fsp3) is 0.250. The normalized spacial score (nSPS) is 10.8. The fourth-order valence-corrected chi connectivity index (χ4v) is 2.37. The van der Waals surface area contributed by atoms with E-state index in [0.29, 0.717) is 23.8 Å². The van der Waals surface area contributed by atoms with Gasteiger partial charge in [-0.25, -0.2) is 9.37 Å². The first-order chi connectivity index (χ1) is 11.0. The molecule has 0 unspecified atom stereocenters.